The van der Waals surface area contributed by atoms with Crippen molar-refractivity contribution in [3.8, 4) is 5.75 Å². The number of hydrogen-bond acceptors (Lipinski definition) is 5. The largest absolute Gasteiger partial charge is 0.492 e. The first-order chi connectivity index (χ1) is 11.9. The highest BCUT2D eigenvalue weighted by Crippen LogP contribution is 2.28. The molecule has 0 bridgehead atoms. The first kappa shape index (κ1) is 20.0. The minimum Gasteiger partial charge on any atom is -0.492 e. The molecule has 9 heteroatoms. The summed E-state index contributed by atoms with van der Waals surface area (Å²) in [5, 5.41) is 0.221. The zero-order chi connectivity index (χ0) is 18.4. The number of hydrogen-bond donors (Lipinski definition) is 0. The summed E-state index contributed by atoms with van der Waals surface area (Å²) >= 11 is 6.09. The molecule has 2 rings (SSSR count). The number of carbonyl (C=O) groups is 1. The normalized spacial score (nSPS) is 15.4. The van der Waals surface area contributed by atoms with Gasteiger partial charge in [0.05, 0.1) is 36.3 Å². The van der Waals surface area contributed by atoms with E-state index in [-0.39, 0.29) is 28.9 Å². The highest BCUT2D eigenvalue weighted by Gasteiger charge is 2.28. The van der Waals surface area contributed by atoms with Crippen molar-refractivity contribution in [2.24, 2.45) is 0 Å². The average Bonchev–Trinajstić information content (AvgIpc) is 2.61. The molecule has 0 spiro atoms. The van der Waals surface area contributed by atoms with Gasteiger partial charge in [-0.25, -0.2) is 8.42 Å². The fraction of sp³-hybridized carbons (Fsp3) is 0.562. The average molecular weight is 391 g/mol. The molecule has 1 saturated heterocycles. The molecule has 0 aliphatic carbocycles. The number of rotatable bonds is 7. The number of carbonyl (C=O) groups excluding carboxylic acids is 1. The zero-order valence-electron chi connectivity index (χ0n) is 14.4. The molecule has 7 nitrogen and oxygen atoms in total. The summed E-state index contributed by atoms with van der Waals surface area (Å²) < 4.78 is 37.3. The Morgan fingerprint density at radius 3 is 2.56 bits per heavy atom. The SMILES string of the molecule is CCOc1ccc(S(=O)(=O)N(CC)CC(=O)N2CCOCC2)cc1Cl. The molecule has 1 aliphatic rings. The number of benzene rings is 1. The molecule has 0 atom stereocenters. The molecule has 0 radical (unpaired) electrons. The lowest BCUT2D eigenvalue weighted by atomic mass is 10.3. The van der Waals surface area contributed by atoms with E-state index in [1.54, 1.807) is 11.8 Å². The van der Waals surface area contributed by atoms with E-state index in [4.69, 9.17) is 21.1 Å². The lowest BCUT2D eigenvalue weighted by Gasteiger charge is -2.29. The van der Waals surface area contributed by atoms with Gasteiger partial charge in [-0.05, 0) is 25.1 Å². The summed E-state index contributed by atoms with van der Waals surface area (Å²) in [6.07, 6.45) is 0. The molecule has 1 heterocycles. The molecule has 1 aromatic carbocycles. The first-order valence-electron chi connectivity index (χ1n) is 8.18. The molecule has 140 valence electrons. The molecule has 0 saturated carbocycles. The van der Waals surface area contributed by atoms with Gasteiger partial charge < -0.3 is 14.4 Å². The van der Waals surface area contributed by atoms with Crippen LogP contribution < -0.4 is 4.74 Å². The quantitative estimate of drug-likeness (QED) is 0.707. The highest BCUT2D eigenvalue weighted by molar-refractivity contribution is 7.89. The van der Waals surface area contributed by atoms with Crippen LogP contribution in [-0.2, 0) is 19.6 Å². The third-order valence-corrected chi connectivity index (χ3v) is 6.08. The van der Waals surface area contributed by atoms with Gasteiger partial charge in [-0.2, -0.15) is 4.31 Å². The topological polar surface area (TPSA) is 76.2 Å². The van der Waals surface area contributed by atoms with E-state index in [2.05, 4.69) is 0 Å². The molecule has 0 aromatic heterocycles. The van der Waals surface area contributed by atoms with E-state index in [1.165, 1.54) is 18.2 Å². The second kappa shape index (κ2) is 8.84. The van der Waals surface area contributed by atoms with E-state index in [1.807, 2.05) is 6.92 Å². The van der Waals surface area contributed by atoms with Crippen molar-refractivity contribution in [2.45, 2.75) is 18.7 Å². The van der Waals surface area contributed by atoms with E-state index in [0.29, 0.717) is 38.7 Å². The van der Waals surface area contributed by atoms with Crippen LogP contribution >= 0.6 is 11.6 Å². The molecule has 1 amide bonds. The Bertz CT molecular complexity index is 704. The maximum absolute atomic E-state index is 12.8. The molecule has 1 aliphatic heterocycles. The van der Waals surface area contributed by atoms with Crippen LogP contribution in [0.1, 0.15) is 13.8 Å². The second-order valence-electron chi connectivity index (χ2n) is 5.45. The summed E-state index contributed by atoms with van der Waals surface area (Å²) in [4.78, 5) is 14.0. The molecular weight excluding hydrogens is 368 g/mol. The van der Waals surface area contributed by atoms with Crippen LogP contribution in [0, 0.1) is 0 Å². The van der Waals surface area contributed by atoms with Gasteiger partial charge in [0.25, 0.3) is 0 Å². The molecule has 25 heavy (non-hydrogen) atoms. The van der Waals surface area contributed by atoms with Gasteiger partial charge >= 0.3 is 0 Å². The van der Waals surface area contributed by atoms with Crippen LogP contribution in [0.3, 0.4) is 0 Å². The van der Waals surface area contributed by atoms with Crippen molar-refractivity contribution in [1.82, 2.24) is 9.21 Å². The van der Waals surface area contributed by atoms with E-state index < -0.39 is 10.0 Å². The van der Waals surface area contributed by atoms with Crippen molar-refractivity contribution in [2.75, 3.05) is 46.0 Å². The number of sulfonamides is 1. The Labute approximate surface area is 153 Å². The summed E-state index contributed by atoms with van der Waals surface area (Å²) in [5.41, 5.74) is 0. The zero-order valence-corrected chi connectivity index (χ0v) is 16.0. The number of morpholine rings is 1. The third kappa shape index (κ3) is 4.84. The first-order valence-corrected chi connectivity index (χ1v) is 10.00. The lowest BCUT2D eigenvalue weighted by Crippen LogP contribution is -2.47. The van der Waals surface area contributed by atoms with Gasteiger partial charge in [0.2, 0.25) is 15.9 Å². The predicted octanol–water partition coefficient (Wildman–Crippen LogP) is 1.61. The molecular formula is C16H23ClN2O5S. The monoisotopic (exact) mass is 390 g/mol. The Hall–Kier alpha value is -1.35. The minimum absolute atomic E-state index is 0.0394. The smallest absolute Gasteiger partial charge is 0.243 e. The number of ether oxygens (including phenoxy) is 2. The van der Waals surface area contributed by atoms with Gasteiger partial charge in [0.15, 0.2) is 0 Å². The lowest BCUT2D eigenvalue weighted by molar-refractivity contribution is -0.135. The Balaban J connectivity index is 2.17. The summed E-state index contributed by atoms with van der Waals surface area (Å²) in [6, 6.07) is 4.31. The predicted molar refractivity (Wildman–Crippen MR) is 94.5 cm³/mol. The van der Waals surface area contributed by atoms with Crippen LogP contribution in [-0.4, -0.2) is 69.5 Å². The highest BCUT2D eigenvalue weighted by atomic mass is 35.5. The van der Waals surface area contributed by atoms with Gasteiger partial charge in [0.1, 0.15) is 5.75 Å². The van der Waals surface area contributed by atoms with Crippen LogP contribution in [0.2, 0.25) is 5.02 Å². The van der Waals surface area contributed by atoms with Crippen LogP contribution in [0.25, 0.3) is 0 Å². The van der Waals surface area contributed by atoms with Crippen molar-refractivity contribution >= 4 is 27.5 Å². The fourth-order valence-corrected chi connectivity index (χ4v) is 4.22. The van der Waals surface area contributed by atoms with Gasteiger partial charge in [0, 0.05) is 19.6 Å². The summed E-state index contributed by atoms with van der Waals surface area (Å²) in [6.45, 7) is 5.82. The van der Waals surface area contributed by atoms with Crippen molar-refractivity contribution in [3.05, 3.63) is 23.2 Å². The third-order valence-electron chi connectivity index (χ3n) is 3.87. The van der Waals surface area contributed by atoms with Gasteiger partial charge in [-0.15, -0.1) is 0 Å². The van der Waals surface area contributed by atoms with Crippen LogP contribution in [0.15, 0.2) is 23.1 Å². The number of amides is 1. The van der Waals surface area contributed by atoms with Crippen molar-refractivity contribution in [1.29, 1.82) is 0 Å². The molecule has 1 aromatic rings. The van der Waals surface area contributed by atoms with Crippen LogP contribution in [0.4, 0.5) is 0 Å². The Morgan fingerprint density at radius 1 is 1.32 bits per heavy atom. The second-order valence-corrected chi connectivity index (χ2v) is 7.79. The minimum atomic E-state index is -3.82. The van der Waals surface area contributed by atoms with Crippen molar-refractivity contribution < 1.29 is 22.7 Å². The van der Waals surface area contributed by atoms with Crippen LogP contribution in [0.5, 0.6) is 5.75 Å². The molecule has 0 unspecified atom stereocenters. The van der Waals surface area contributed by atoms with E-state index >= 15 is 0 Å². The number of likely N-dealkylation sites (N-methyl/N-ethyl adjacent to an activating group) is 1. The van der Waals surface area contributed by atoms with Crippen molar-refractivity contribution in [3.63, 3.8) is 0 Å². The summed E-state index contributed by atoms with van der Waals surface area (Å²) in [7, 11) is -3.82. The fourth-order valence-electron chi connectivity index (χ4n) is 2.49. The maximum atomic E-state index is 12.8. The van der Waals surface area contributed by atoms with E-state index in [0.717, 1.165) is 4.31 Å². The molecule has 1 fully saturated rings. The van der Waals surface area contributed by atoms with Gasteiger partial charge in [-0.3, -0.25) is 4.79 Å². The maximum Gasteiger partial charge on any atom is 0.243 e. The summed E-state index contributed by atoms with van der Waals surface area (Å²) in [5.74, 6) is 0.196. The number of nitrogens with zero attached hydrogens (tertiary/aromatic N) is 2. The van der Waals surface area contributed by atoms with E-state index in [9.17, 15) is 13.2 Å². The standard InChI is InChI=1S/C16H23ClN2O5S/c1-3-19(12-16(20)18-7-9-23-10-8-18)25(21,22)13-5-6-15(24-4-2)14(17)11-13/h5-6,11H,3-4,7-10,12H2,1-2H3. The Morgan fingerprint density at radius 2 is 2.00 bits per heavy atom. The number of halogens is 1. The molecule has 0 N–H and O–H groups in total. The Kier molecular flexibility index (Phi) is 7.06. The van der Waals surface area contributed by atoms with Gasteiger partial charge in [-0.1, -0.05) is 18.5 Å².